The van der Waals surface area contributed by atoms with Crippen LogP contribution in [0, 0.1) is 5.21 Å². The molecule has 1 unspecified atom stereocenters. The normalized spacial score (nSPS) is 12.7. The lowest BCUT2D eigenvalue weighted by Crippen LogP contribution is -2.99. The third-order valence-corrected chi connectivity index (χ3v) is 3.97. The summed E-state index contributed by atoms with van der Waals surface area (Å²) >= 11 is 1.10. The summed E-state index contributed by atoms with van der Waals surface area (Å²) in [4.78, 5) is 16.5. The fraction of sp³-hybridized carbons (Fsp3) is 0.176. The smallest absolute Gasteiger partial charge is 0.206 e. The van der Waals surface area contributed by atoms with E-state index in [2.05, 4.69) is 4.99 Å². The minimum Gasteiger partial charge on any atom is -0.595 e. The van der Waals surface area contributed by atoms with E-state index in [1.54, 1.807) is 25.1 Å². The highest BCUT2D eigenvalue weighted by Crippen LogP contribution is 2.23. The van der Waals surface area contributed by atoms with Crippen molar-refractivity contribution in [2.75, 3.05) is 12.4 Å². The van der Waals surface area contributed by atoms with Gasteiger partial charge in [0.05, 0.1) is 18.0 Å². The van der Waals surface area contributed by atoms with Crippen LogP contribution < -0.4 is 15.7 Å². The first-order valence-corrected chi connectivity index (χ1v) is 8.55. The predicted molar refractivity (Wildman–Crippen MR) is 97.9 cm³/mol. The molecule has 0 heterocycles. The van der Waals surface area contributed by atoms with Gasteiger partial charge in [0, 0.05) is 11.6 Å². The Morgan fingerprint density at radius 2 is 2.04 bits per heavy atom. The van der Waals surface area contributed by atoms with Crippen LogP contribution in [0.1, 0.15) is 17.3 Å². The molecule has 8 heteroatoms. The van der Waals surface area contributed by atoms with Crippen molar-refractivity contribution in [1.29, 1.82) is 0 Å². The van der Waals surface area contributed by atoms with Crippen LogP contribution in [0.25, 0.3) is 0 Å². The summed E-state index contributed by atoms with van der Waals surface area (Å²) in [5, 5.41) is 19.7. The van der Waals surface area contributed by atoms with Crippen LogP contribution in [-0.2, 0) is 0 Å². The van der Waals surface area contributed by atoms with Gasteiger partial charge in [-0.2, -0.15) is 5.23 Å². The number of carbonyl (C=O) groups is 1. The predicted octanol–water partition coefficient (Wildman–Crippen LogP) is 2.05. The number of quaternary nitrogens is 1. The SMILES string of the molecule is CCOc1ccc(C(=O)CSC(N)=Nc2ccccc2)cc1[NH+]([O-])O. The van der Waals surface area contributed by atoms with Gasteiger partial charge in [0.1, 0.15) is 0 Å². The van der Waals surface area contributed by atoms with E-state index in [9.17, 15) is 15.2 Å². The molecule has 1 atom stereocenters. The largest absolute Gasteiger partial charge is 0.595 e. The lowest BCUT2D eigenvalue weighted by atomic mass is 10.1. The van der Waals surface area contributed by atoms with E-state index in [1.165, 1.54) is 12.1 Å². The van der Waals surface area contributed by atoms with Gasteiger partial charge < -0.3 is 15.7 Å². The van der Waals surface area contributed by atoms with Crippen molar-refractivity contribution in [1.82, 2.24) is 0 Å². The average Bonchev–Trinajstić information content (AvgIpc) is 2.61. The standard InChI is InChI=1S/C17H19N3O4S/c1-2-24-16-9-8-12(10-14(16)20(22)23)15(21)11-25-17(18)19-13-6-4-3-5-7-13/h3-10,20,22H,2,11H2,1H3,(H2,18,19). The zero-order valence-corrected chi connectivity index (χ0v) is 14.5. The van der Waals surface area contributed by atoms with Gasteiger partial charge in [-0.3, -0.25) is 4.79 Å². The van der Waals surface area contributed by atoms with Gasteiger partial charge in [0.2, 0.25) is 5.69 Å². The van der Waals surface area contributed by atoms with Crippen LogP contribution in [0.15, 0.2) is 53.5 Å². The van der Waals surface area contributed by atoms with Crippen LogP contribution in [0.2, 0.25) is 0 Å². The Morgan fingerprint density at radius 1 is 1.32 bits per heavy atom. The molecular weight excluding hydrogens is 342 g/mol. The summed E-state index contributed by atoms with van der Waals surface area (Å²) in [7, 11) is 0. The topological polar surface area (TPSA) is 112 Å². The first-order chi connectivity index (χ1) is 12.0. The number of ether oxygens (including phenoxy) is 1. The van der Waals surface area contributed by atoms with Crippen LogP contribution in [-0.4, -0.2) is 28.5 Å². The van der Waals surface area contributed by atoms with Gasteiger partial charge in [-0.05, 0) is 31.2 Å². The molecule has 132 valence electrons. The number of hydrogen-bond donors (Lipinski definition) is 3. The molecule has 0 saturated carbocycles. The van der Waals surface area contributed by atoms with Gasteiger partial charge in [-0.15, -0.1) is 0 Å². The number of carbonyl (C=O) groups excluding carboxylic acids is 1. The molecule has 2 rings (SSSR count). The summed E-state index contributed by atoms with van der Waals surface area (Å²) in [6.45, 7) is 2.10. The third-order valence-electron chi connectivity index (χ3n) is 3.18. The number of amidine groups is 1. The first kappa shape index (κ1) is 18.9. The minimum atomic E-state index is -1.14. The van der Waals surface area contributed by atoms with Crippen molar-refractivity contribution in [3.63, 3.8) is 0 Å². The van der Waals surface area contributed by atoms with E-state index >= 15 is 0 Å². The number of ketones is 1. The number of Topliss-reactive ketones (excluding diaryl/α,β-unsaturated/α-hetero) is 1. The number of nitrogens with two attached hydrogens (primary N) is 1. The molecule has 0 saturated heterocycles. The number of para-hydroxylation sites is 1. The molecule has 25 heavy (non-hydrogen) atoms. The maximum Gasteiger partial charge on any atom is 0.206 e. The van der Waals surface area contributed by atoms with Crippen molar-refractivity contribution in [2.45, 2.75) is 6.92 Å². The number of nitrogens with one attached hydrogen (secondary N) is 1. The van der Waals surface area contributed by atoms with Crippen molar-refractivity contribution in [2.24, 2.45) is 10.7 Å². The minimum absolute atomic E-state index is 0.0383. The summed E-state index contributed by atoms with van der Waals surface area (Å²) < 4.78 is 5.26. The van der Waals surface area contributed by atoms with Crippen molar-refractivity contribution >= 4 is 34.1 Å². The monoisotopic (exact) mass is 361 g/mol. The molecule has 7 nitrogen and oxygen atoms in total. The van der Waals surface area contributed by atoms with Crippen LogP contribution in [0.4, 0.5) is 11.4 Å². The van der Waals surface area contributed by atoms with Crippen molar-refractivity contribution < 1.29 is 20.0 Å². The lowest BCUT2D eigenvalue weighted by Gasteiger charge is -2.16. The maximum atomic E-state index is 12.3. The molecule has 0 aliphatic heterocycles. The van der Waals surface area contributed by atoms with Gasteiger partial charge in [-0.25, -0.2) is 10.2 Å². The Kier molecular flexibility index (Phi) is 6.96. The molecule has 0 bridgehead atoms. The second-order valence-electron chi connectivity index (χ2n) is 4.95. The molecule has 0 aromatic heterocycles. The number of benzene rings is 2. The second-order valence-corrected chi connectivity index (χ2v) is 5.94. The average molecular weight is 361 g/mol. The molecule has 0 aliphatic carbocycles. The van der Waals surface area contributed by atoms with Gasteiger partial charge in [-0.1, -0.05) is 30.0 Å². The number of hydrogen-bond acceptors (Lipinski definition) is 6. The molecule has 4 N–H and O–H groups in total. The summed E-state index contributed by atoms with van der Waals surface area (Å²) in [6, 6.07) is 13.5. The van der Waals surface area contributed by atoms with E-state index in [1.807, 2.05) is 18.2 Å². The maximum absolute atomic E-state index is 12.3. The quantitative estimate of drug-likeness (QED) is 0.301. The Hall–Kier alpha value is -2.39. The second kappa shape index (κ2) is 9.19. The Labute approximate surface area is 149 Å². The summed E-state index contributed by atoms with van der Waals surface area (Å²) in [5.41, 5.74) is 6.78. The highest BCUT2D eigenvalue weighted by atomic mass is 32.2. The molecule has 0 amide bonds. The molecule has 0 radical (unpaired) electrons. The van der Waals surface area contributed by atoms with Gasteiger partial charge in [0.25, 0.3) is 0 Å². The highest BCUT2D eigenvalue weighted by Gasteiger charge is 2.15. The number of aliphatic imine (C=N–C) groups is 1. The van der Waals surface area contributed by atoms with Crippen LogP contribution in [0.5, 0.6) is 5.75 Å². The molecule has 0 spiro atoms. The fourth-order valence-corrected chi connectivity index (χ4v) is 2.65. The van der Waals surface area contributed by atoms with Crippen LogP contribution in [0.3, 0.4) is 0 Å². The molecule has 0 aliphatic rings. The third kappa shape index (κ3) is 5.57. The first-order valence-electron chi connectivity index (χ1n) is 7.56. The Bertz CT molecular complexity index is 751. The van der Waals surface area contributed by atoms with E-state index in [-0.39, 0.29) is 28.1 Å². The zero-order valence-electron chi connectivity index (χ0n) is 13.6. The van der Waals surface area contributed by atoms with E-state index < -0.39 is 5.23 Å². The Morgan fingerprint density at radius 3 is 2.68 bits per heavy atom. The molecular formula is C17H19N3O4S. The van der Waals surface area contributed by atoms with Gasteiger partial charge >= 0.3 is 0 Å². The zero-order chi connectivity index (χ0) is 18.2. The summed E-state index contributed by atoms with van der Waals surface area (Å²) in [5.74, 6) is 0.0704. The van der Waals surface area contributed by atoms with Crippen molar-refractivity contribution in [3.8, 4) is 5.75 Å². The van der Waals surface area contributed by atoms with E-state index in [4.69, 9.17) is 10.5 Å². The van der Waals surface area contributed by atoms with Gasteiger partial charge in [0.15, 0.2) is 16.7 Å². The number of nitrogens with zero attached hydrogens (tertiary/aromatic N) is 1. The molecule has 0 fully saturated rings. The molecule has 2 aromatic rings. The fourth-order valence-electron chi connectivity index (χ4n) is 2.04. The highest BCUT2D eigenvalue weighted by molar-refractivity contribution is 8.14. The molecule has 2 aromatic carbocycles. The number of rotatable bonds is 7. The Balaban J connectivity index is 2.05. The van der Waals surface area contributed by atoms with E-state index in [0.29, 0.717) is 17.9 Å². The van der Waals surface area contributed by atoms with Crippen molar-refractivity contribution in [3.05, 3.63) is 59.3 Å². The number of thioether (sulfide) groups is 1. The summed E-state index contributed by atoms with van der Waals surface area (Å²) in [6.07, 6.45) is 0. The van der Waals surface area contributed by atoms with Crippen LogP contribution >= 0.6 is 11.8 Å². The van der Waals surface area contributed by atoms with E-state index in [0.717, 1.165) is 11.8 Å². The lowest BCUT2D eigenvalue weighted by molar-refractivity contribution is -0.991.